The molecule has 0 unspecified atom stereocenters. The summed E-state index contributed by atoms with van der Waals surface area (Å²) in [4.78, 5) is 12.2. The predicted octanol–water partition coefficient (Wildman–Crippen LogP) is 3.00. The number of carbonyl (C=O) groups is 1. The monoisotopic (exact) mass is 339 g/mol. The van der Waals surface area contributed by atoms with Gasteiger partial charge < -0.3 is 10.1 Å². The van der Waals surface area contributed by atoms with Gasteiger partial charge in [0.15, 0.2) is 9.84 Å². The van der Waals surface area contributed by atoms with E-state index in [1.54, 1.807) is 31.4 Å². The minimum Gasteiger partial charge on any atom is -0.497 e. The first-order valence-electron chi connectivity index (χ1n) is 6.26. The highest BCUT2D eigenvalue weighted by atomic mass is 35.5. The Balaban J connectivity index is 2.22. The van der Waals surface area contributed by atoms with Gasteiger partial charge in [0.2, 0.25) is 0 Å². The summed E-state index contributed by atoms with van der Waals surface area (Å²) >= 11 is 6.00. The first kappa shape index (κ1) is 16.3. The molecule has 0 aromatic heterocycles. The van der Waals surface area contributed by atoms with Crippen LogP contribution in [0.3, 0.4) is 0 Å². The summed E-state index contributed by atoms with van der Waals surface area (Å²) in [6.07, 6.45) is 1.08. The van der Waals surface area contributed by atoms with Crippen molar-refractivity contribution >= 4 is 33.0 Å². The number of anilines is 1. The molecule has 0 radical (unpaired) electrons. The van der Waals surface area contributed by atoms with E-state index in [1.807, 2.05) is 0 Å². The number of hydrogen-bond donors (Lipinski definition) is 1. The number of carbonyl (C=O) groups excluding carboxylic acids is 1. The van der Waals surface area contributed by atoms with Crippen molar-refractivity contribution < 1.29 is 17.9 Å². The third-order valence-corrected chi connectivity index (χ3v) is 4.38. The molecule has 0 bridgehead atoms. The molecule has 1 amide bonds. The van der Waals surface area contributed by atoms with Gasteiger partial charge in [0.1, 0.15) is 5.75 Å². The molecule has 116 valence electrons. The summed E-state index contributed by atoms with van der Waals surface area (Å²) in [5.41, 5.74) is 0.777. The Morgan fingerprint density at radius 1 is 1.14 bits per heavy atom. The van der Waals surface area contributed by atoms with Gasteiger partial charge in [-0.3, -0.25) is 4.79 Å². The van der Waals surface area contributed by atoms with Gasteiger partial charge in [0.05, 0.1) is 22.6 Å². The molecule has 0 atom stereocenters. The van der Waals surface area contributed by atoms with Crippen LogP contribution in [0.2, 0.25) is 5.02 Å². The van der Waals surface area contributed by atoms with Crippen molar-refractivity contribution in [2.75, 3.05) is 18.7 Å². The third kappa shape index (κ3) is 3.78. The predicted molar refractivity (Wildman–Crippen MR) is 85.5 cm³/mol. The van der Waals surface area contributed by atoms with Gasteiger partial charge in [-0.1, -0.05) is 11.6 Å². The summed E-state index contributed by atoms with van der Waals surface area (Å²) in [6, 6.07) is 10.8. The fourth-order valence-corrected chi connectivity index (χ4v) is 2.76. The number of sulfone groups is 1. The van der Waals surface area contributed by atoms with Gasteiger partial charge in [0.25, 0.3) is 5.91 Å². The molecule has 7 heteroatoms. The number of halogens is 1. The molecule has 5 nitrogen and oxygen atoms in total. The highest BCUT2D eigenvalue weighted by Crippen LogP contribution is 2.22. The maximum absolute atomic E-state index is 12.2. The molecule has 1 N–H and O–H groups in total. The van der Waals surface area contributed by atoms with Crippen LogP contribution in [0.15, 0.2) is 47.4 Å². The Bertz CT molecular complexity index is 801. The Morgan fingerprint density at radius 3 is 2.27 bits per heavy atom. The van der Waals surface area contributed by atoms with Crippen LogP contribution in [0.1, 0.15) is 10.4 Å². The van der Waals surface area contributed by atoms with Crippen LogP contribution in [0, 0.1) is 0 Å². The Hall–Kier alpha value is -2.05. The number of hydrogen-bond acceptors (Lipinski definition) is 4. The van der Waals surface area contributed by atoms with Crippen LogP contribution in [0.4, 0.5) is 5.69 Å². The highest BCUT2D eigenvalue weighted by molar-refractivity contribution is 7.90. The molecule has 22 heavy (non-hydrogen) atoms. The van der Waals surface area contributed by atoms with Gasteiger partial charge in [-0.15, -0.1) is 0 Å². The average molecular weight is 340 g/mol. The number of nitrogens with one attached hydrogen (secondary N) is 1. The fourth-order valence-electron chi connectivity index (χ4n) is 1.78. The zero-order chi connectivity index (χ0) is 16.3. The van der Waals surface area contributed by atoms with E-state index in [4.69, 9.17) is 16.3 Å². The summed E-state index contributed by atoms with van der Waals surface area (Å²) in [5.74, 6) is 0.253. The summed E-state index contributed by atoms with van der Waals surface area (Å²) < 4.78 is 27.9. The van der Waals surface area contributed by atoms with Gasteiger partial charge in [-0.25, -0.2) is 8.42 Å². The molecule has 0 aliphatic carbocycles. The van der Waals surface area contributed by atoms with E-state index in [0.717, 1.165) is 6.26 Å². The van der Waals surface area contributed by atoms with Crippen LogP contribution in [0.5, 0.6) is 5.75 Å². The van der Waals surface area contributed by atoms with E-state index in [2.05, 4.69) is 5.32 Å². The van der Waals surface area contributed by atoms with Gasteiger partial charge in [0, 0.05) is 11.9 Å². The van der Waals surface area contributed by atoms with Gasteiger partial charge >= 0.3 is 0 Å². The molecule has 0 fully saturated rings. The molecular weight excluding hydrogens is 326 g/mol. The van der Waals surface area contributed by atoms with Crippen molar-refractivity contribution in [3.8, 4) is 5.75 Å². The lowest BCUT2D eigenvalue weighted by molar-refractivity contribution is 0.102. The van der Waals surface area contributed by atoms with Crippen LogP contribution < -0.4 is 10.1 Å². The lowest BCUT2D eigenvalue weighted by Crippen LogP contribution is -2.13. The first-order chi connectivity index (χ1) is 10.3. The molecule has 0 saturated heterocycles. The topological polar surface area (TPSA) is 72.5 Å². The van der Waals surface area contributed by atoms with E-state index in [1.165, 1.54) is 18.2 Å². The molecule has 0 aliphatic rings. The molecule has 2 aromatic carbocycles. The third-order valence-electron chi connectivity index (χ3n) is 2.96. The summed E-state index contributed by atoms with van der Waals surface area (Å²) in [6.45, 7) is 0. The zero-order valence-electron chi connectivity index (χ0n) is 12.0. The minimum absolute atomic E-state index is 0.0681. The molecular formula is C15H14ClNO4S. The van der Waals surface area contributed by atoms with Gasteiger partial charge in [-0.2, -0.15) is 0 Å². The lowest BCUT2D eigenvalue weighted by Gasteiger charge is -2.08. The number of rotatable bonds is 4. The van der Waals surface area contributed by atoms with E-state index >= 15 is 0 Å². The number of methoxy groups -OCH3 is 1. The second-order valence-electron chi connectivity index (χ2n) is 4.60. The number of ether oxygens (including phenoxy) is 1. The fraction of sp³-hybridized carbons (Fsp3) is 0.133. The molecule has 0 heterocycles. The Morgan fingerprint density at radius 2 is 1.77 bits per heavy atom. The van der Waals surface area contributed by atoms with Crippen LogP contribution in [-0.4, -0.2) is 27.7 Å². The zero-order valence-corrected chi connectivity index (χ0v) is 13.5. The maximum atomic E-state index is 12.2. The first-order valence-corrected chi connectivity index (χ1v) is 8.53. The quantitative estimate of drug-likeness (QED) is 0.929. The largest absolute Gasteiger partial charge is 0.497 e. The van der Waals surface area contributed by atoms with Crippen molar-refractivity contribution in [3.63, 3.8) is 0 Å². The SMILES string of the molecule is COc1ccc(NC(=O)c2ccc(S(C)(=O)=O)cc2Cl)cc1. The van der Waals surface area contributed by atoms with Crippen LogP contribution in [-0.2, 0) is 9.84 Å². The average Bonchev–Trinajstić information content (AvgIpc) is 2.46. The van der Waals surface area contributed by atoms with Crippen molar-refractivity contribution in [1.29, 1.82) is 0 Å². The van der Waals surface area contributed by atoms with Crippen LogP contribution in [0.25, 0.3) is 0 Å². The standard InChI is InChI=1S/C15H14ClNO4S/c1-21-11-5-3-10(4-6-11)17-15(18)13-8-7-12(9-14(13)16)22(2,19)20/h3-9H,1-2H3,(H,17,18). The molecule has 2 aromatic rings. The second-order valence-corrected chi connectivity index (χ2v) is 7.02. The van der Waals surface area contributed by atoms with Crippen molar-refractivity contribution in [2.45, 2.75) is 4.90 Å². The summed E-state index contributed by atoms with van der Waals surface area (Å²) in [7, 11) is -1.81. The number of amides is 1. The van der Waals surface area contributed by atoms with E-state index in [0.29, 0.717) is 11.4 Å². The molecule has 0 spiro atoms. The molecule has 0 aliphatic heterocycles. The van der Waals surface area contributed by atoms with Crippen molar-refractivity contribution in [3.05, 3.63) is 53.1 Å². The Kier molecular flexibility index (Phi) is 4.73. The van der Waals surface area contributed by atoms with Crippen molar-refractivity contribution in [1.82, 2.24) is 0 Å². The molecule has 2 rings (SSSR count). The van der Waals surface area contributed by atoms with Gasteiger partial charge in [-0.05, 0) is 42.5 Å². The Labute approximate surface area is 133 Å². The normalized spacial score (nSPS) is 11.0. The van der Waals surface area contributed by atoms with Crippen molar-refractivity contribution in [2.24, 2.45) is 0 Å². The lowest BCUT2D eigenvalue weighted by atomic mass is 10.2. The van der Waals surface area contributed by atoms with E-state index < -0.39 is 15.7 Å². The smallest absolute Gasteiger partial charge is 0.257 e. The highest BCUT2D eigenvalue weighted by Gasteiger charge is 2.14. The maximum Gasteiger partial charge on any atom is 0.257 e. The van der Waals surface area contributed by atoms with Crippen LogP contribution >= 0.6 is 11.6 Å². The minimum atomic E-state index is -3.36. The number of benzene rings is 2. The molecule has 0 saturated carbocycles. The summed E-state index contributed by atoms with van der Waals surface area (Å²) in [5, 5.41) is 2.76. The second kappa shape index (κ2) is 6.37. The van der Waals surface area contributed by atoms with E-state index in [-0.39, 0.29) is 15.5 Å². The van der Waals surface area contributed by atoms with E-state index in [9.17, 15) is 13.2 Å².